The van der Waals surface area contributed by atoms with E-state index in [1.165, 1.54) is 18.2 Å². The normalized spacial score (nSPS) is 17.4. The zero-order valence-corrected chi connectivity index (χ0v) is 13.0. The Bertz CT molecular complexity index is 476. The van der Waals surface area contributed by atoms with Gasteiger partial charge >= 0.3 is 0 Å². The van der Waals surface area contributed by atoms with E-state index in [0.717, 1.165) is 26.1 Å². The first kappa shape index (κ1) is 15.3. The number of ether oxygens (including phenoxy) is 1. The molecule has 1 fully saturated rings. The predicted molar refractivity (Wildman–Crippen MR) is 78.3 cm³/mol. The van der Waals surface area contributed by atoms with Crippen LogP contribution in [0.25, 0.3) is 0 Å². The van der Waals surface area contributed by atoms with E-state index in [1.54, 1.807) is 6.92 Å². The van der Waals surface area contributed by atoms with E-state index in [4.69, 9.17) is 4.74 Å². The summed E-state index contributed by atoms with van der Waals surface area (Å²) < 4.78 is 19.2. The molecule has 1 N–H and O–H groups in total. The Morgan fingerprint density at radius 1 is 1.45 bits per heavy atom. The van der Waals surface area contributed by atoms with Gasteiger partial charge in [-0.3, -0.25) is 4.79 Å². The molecule has 1 aliphatic rings. The SMILES string of the molecule is CC(Oc1ccc(F)cc1Br)C(=O)N1CCCNCC1. The first-order valence-electron chi connectivity index (χ1n) is 6.69. The minimum absolute atomic E-state index is 0.0371. The second kappa shape index (κ2) is 7.04. The van der Waals surface area contributed by atoms with Gasteiger partial charge in [0.2, 0.25) is 0 Å². The van der Waals surface area contributed by atoms with Gasteiger partial charge in [-0.05, 0) is 54.0 Å². The fourth-order valence-corrected chi connectivity index (χ4v) is 2.58. The number of nitrogens with one attached hydrogen (secondary N) is 1. The van der Waals surface area contributed by atoms with Crippen molar-refractivity contribution in [3.63, 3.8) is 0 Å². The van der Waals surface area contributed by atoms with Crippen LogP contribution in [0.3, 0.4) is 0 Å². The molecule has 20 heavy (non-hydrogen) atoms. The molecule has 1 atom stereocenters. The summed E-state index contributed by atoms with van der Waals surface area (Å²) in [5, 5.41) is 3.25. The number of halogens is 2. The van der Waals surface area contributed by atoms with Gasteiger partial charge in [-0.15, -0.1) is 0 Å². The number of hydrogen-bond donors (Lipinski definition) is 1. The number of nitrogens with zero attached hydrogens (tertiary/aromatic N) is 1. The second-order valence-corrected chi connectivity index (χ2v) is 5.62. The maximum atomic E-state index is 13.0. The molecule has 4 nitrogen and oxygen atoms in total. The minimum Gasteiger partial charge on any atom is -0.480 e. The smallest absolute Gasteiger partial charge is 0.263 e. The molecular weight excluding hydrogens is 327 g/mol. The van der Waals surface area contributed by atoms with Gasteiger partial charge in [0.05, 0.1) is 4.47 Å². The molecule has 0 radical (unpaired) electrons. The monoisotopic (exact) mass is 344 g/mol. The van der Waals surface area contributed by atoms with Crippen LogP contribution >= 0.6 is 15.9 Å². The van der Waals surface area contributed by atoms with Gasteiger partial charge in [0.25, 0.3) is 5.91 Å². The Kier molecular flexibility index (Phi) is 5.37. The lowest BCUT2D eigenvalue weighted by Crippen LogP contribution is -2.42. The van der Waals surface area contributed by atoms with Gasteiger partial charge in [0.15, 0.2) is 6.10 Å². The van der Waals surface area contributed by atoms with E-state index in [0.29, 0.717) is 16.8 Å². The number of benzene rings is 1. The average molecular weight is 345 g/mol. The molecule has 1 aromatic rings. The van der Waals surface area contributed by atoms with Gasteiger partial charge < -0.3 is 15.0 Å². The molecule has 1 amide bonds. The van der Waals surface area contributed by atoms with Crippen LogP contribution in [0.15, 0.2) is 22.7 Å². The Morgan fingerprint density at radius 3 is 3.00 bits per heavy atom. The average Bonchev–Trinajstić information content (AvgIpc) is 2.70. The summed E-state index contributed by atoms with van der Waals surface area (Å²) >= 11 is 3.23. The third kappa shape index (κ3) is 3.93. The van der Waals surface area contributed by atoms with Gasteiger partial charge in [-0.1, -0.05) is 0 Å². The van der Waals surface area contributed by atoms with Crippen molar-refractivity contribution in [1.82, 2.24) is 10.2 Å². The number of carbonyl (C=O) groups excluding carboxylic acids is 1. The van der Waals surface area contributed by atoms with Crippen molar-refractivity contribution in [3.8, 4) is 5.75 Å². The highest BCUT2D eigenvalue weighted by atomic mass is 79.9. The topological polar surface area (TPSA) is 41.6 Å². The molecule has 1 heterocycles. The van der Waals surface area contributed by atoms with Gasteiger partial charge in [-0.25, -0.2) is 4.39 Å². The third-order valence-electron chi connectivity index (χ3n) is 3.20. The largest absolute Gasteiger partial charge is 0.480 e. The molecule has 0 aliphatic carbocycles. The summed E-state index contributed by atoms with van der Waals surface area (Å²) in [4.78, 5) is 14.1. The molecule has 1 aliphatic heterocycles. The van der Waals surface area contributed by atoms with Crippen LogP contribution in [0, 0.1) is 5.82 Å². The first-order chi connectivity index (χ1) is 9.58. The number of carbonyl (C=O) groups is 1. The maximum Gasteiger partial charge on any atom is 0.263 e. The lowest BCUT2D eigenvalue weighted by atomic mass is 10.3. The maximum absolute atomic E-state index is 13.0. The van der Waals surface area contributed by atoms with Crippen molar-refractivity contribution >= 4 is 21.8 Å². The van der Waals surface area contributed by atoms with Crippen LogP contribution < -0.4 is 10.1 Å². The van der Waals surface area contributed by atoms with E-state index < -0.39 is 6.10 Å². The molecule has 0 saturated carbocycles. The van der Waals surface area contributed by atoms with Crippen molar-refractivity contribution < 1.29 is 13.9 Å². The molecule has 2 rings (SSSR count). The molecule has 1 saturated heterocycles. The Labute approximate surface area is 126 Å². The summed E-state index contributed by atoms with van der Waals surface area (Å²) in [6.07, 6.45) is 0.355. The van der Waals surface area contributed by atoms with Crippen molar-refractivity contribution in [2.24, 2.45) is 0 Å². The van der Waals surface area contributed by atoms with Gasteiger partial charge in [0, 0.05) is 19.6 Å². The molecule has 1 unspecified atom stereocenters. The molecule has 0 bridgehead atoms. The zero-order valence-electron chi connectivity index (χ0n) is 11.4. The lowest BCUT2D eigenvalue weighted by Gasteiger charge is -2.24. The first-order valence-corrected chi connectivity index (χ1v) is 7.48. The molecular formula is C14H18BrFN2O2. The van der Waals surface area contributed by atoms with E-state index in [1.807, 2.05) is 4.90 Å². The fraction of sp³-hybridized carbons (Fsp3) is 0.500. The minimum atomic E-state index is -0.588. The summed E-state index contributed by atoms with van der Waals surface area (Å²) in [5.74, 6) is 0.0897. The van der Waals surface area contributed by atoms with Crippen LogP contribution in [0.1, 0.15) is 13.3 Å². The third-order valence-corrected chi connectivity index (χ3v) is 3.82. The highest BCUT2D eigenvalue weighted by molar-refractivity contribution is 9.10. The van der Waals surface area contributed by atoms with Gasteiger partial charge in [-0.2, -0.15) is 0 Å². The van der Waals surface area contributed by atoms with E-state index in [-0.39, 0.29) is 11.7 Å². The standard InChI is InChI=1S/C14H18BrFN2O2/c1-10(14(19)18-7-2-5-17-6-8-18)20-13-4-3-11(16)9-12(13)15/h3-4,9-10,17H,2,5-8H2,1H3. The number of hydrogen-bond acceptors (Lipinski definition) is 3. The van der Waals surface area contributed by atoms with E-state index in [2.05, 4.69) is 21.2 Å². The Balaban J connectivity index is 1.99. The highest BCUT2D eigenvalue weighted by Crippen LogP contribution is 2.26. The Hall–Kier alpha value is -1.14. The second-order valence-electron chi connectivity index (χ2n) is 4.76. The fourth-order valence-electron chi connectivity index (χ4n) is 2.13. The van der Waals surface area contributed by atoms with Crippen LogP contribution in [-0.2, 0) is 4.79 Å². The molecule has 0 aromatic heterocycles. The predicted octanol–water partition coefficient (Wildman–Crippen LogP) is 2.18. The molecule has 6 heteroatoms. The van der Waals surface area contributed by atoms with Gasteiger partial charge in [0.1, 0.15) is 11.6 Å². The zero-order chi connectivity index (χ0) is 14.5. The summed E-state index contributed by atoms with van der Waals surface area (Å²) in [5.41, 5.74) is 0. The van der Waals surface area contributed by atoms with Crippen molar-refractivity contribution in [3.05, 3.63) is 28.5 Å². The van der Waals surface area contributed by atoms with Crippen molar-refractivity contribution in [1.29, 1.82) is 0 Å². The lowest BCUT2D eigenvalue weighted by molar-refractivity contribution is -0.137. The highest BCUT2D eigenvalue weighted by Gasteiger charge is 2.23. The number of amides is 1. The molecule has 1 aromatic carbocycles. The van der Waals surface area contributed by atoms with Crippen LogP contribution in [0.2, 0.25) is 0 Å². The van der Waals surface area contributed by atoms with E-state index in [9.17, 15) is 9.18 Å². The van der Waals surface area contributed by atoms with Crippen molar-refractivity contribution in [2.45, 2.75) is 19.4 Å². The van der Waals surface area contributed by atoms with Crippen molar-refractivity contribution in [2.75, 3.05) is 26.2 Å². The van der Waals surface area contributed by atoms with E-state index >= 15 is 0 Å². The summed E-state index contributed by atoms with van der Waals surface area (Å²) in [6, 6.07) is 4.16. The summed E-state index contributed by atoms with van der Waals surface area (Å²) in [6.45, 7) is 4.89. The summed E-state index contributed by atoms with van der Waals surface area (Å²) in [7, 11) is 0. The van der Waals surface area contributed by atoms with Crippen LogP contribution in [0.4, 0.5) is 4.39 Å². The number of rotatable bonds is 3. The molecule has 0 spiro atoms. The quantitative estimate of drug-likeness (QED) is 0.913. The van der Waals surface area contributed by atoms with Crippen LogP contribution in [0.5, 0.6) is 5.75 Å². The van der Waals surface area contributed by atoms with Crippen LogP contribution in [-0.4, -0.2) is 43.1 Å². The molecule has 110 valence electrons. The Morgan fingerprint density at radius 2 is 2.25 bits per heavy atom.